The zero-order chi connectivity index (χ0) is 22.8. The number of hydrogen-bond donors (Lipinski definition) is 1. The van der Waals surface area contributed by atoms with E-state index < -0.39 is 0 Å². The number of aromatic amines is 1. The molecule has 4 rings (SSSR count). The van der Waals surface area contributed by atoms with Crippen LogP contribution in [0.2, 0.25) is 0 Å². The molecule has 162 valence electrons. The van der Waals surface area contributed by atoms with Crippen molar-refractivity contribution < 1.29 is 14.3 Å². The number of fused-ring (bicyclic) bond motifs is 1. The molecule has 0 spiro atoms. The summed E-state index contributed by atoms with van der Waals surface area (Å²) in [5, 5.41) is 0.541. The predicted octanol–water partition coefficient (Wildman–Crippen LogP) is 4.44. The third-order valence-electron chi connectivity index (χ3n) is 5.50. The molecule has 0 bridgehead atoms. The molecule has 0 aliphatic rings. The van der Waals surface area contributed by atoms with Gasteiger partial charge in [0, 0.05) is 30.2 Å². The van der Waals surface area contributed by atoms with Crippen molar-refractivity contribution in [2.45, 2.75) is 6.42 Å². The number of aromatic nitrogens is 2. The van der Waals surface area contributed by atoms with Crippen LogP contribution in [-0.4, -0.2) is 29.6 Å². The first kappa shape index (κ1) is 21.5. The number of nitrogens with one attached hydrogen (secondary N) is 1. The van der Waals surface area contributed by atoms with Crippen LogP contribution in [0.15, 0.2) is 65.5 Å². The molecule has 0 atom stereocenters. The number of benzene rings is 3. The minimum Gasteiger partial charge on any atom is -0.497 e. The summed E-state index contributed by atoms with van der Waals surface area (Å²) in [6.45, 7) is 0. The van der Waals surface area contributed by atoms with E-state index in [4.69, 9.17) is 21.7 Å². The highest BCUT2D eigenvalue weighted by molar-refractivity contribution is 7.71. The Balaban J connectivity index is 1.69. The second-order valence-corrected chi connectivity index (χ2v) is 7.78. The Morgan fingerprint density at radius 2 is 1.56 bits per heavy atom. The van der Waals surface area contributed by atoms with E-state index in [2.05, 4.69) is 4.98 Å². The second-order valence-electron chi connectivity index (χ2n) is 7.39. The Kier molecular flexibility index (Phi) is 5.92. The smallest absolute Gasteiger partial charge is 0.262 e. The average molecular weight is 447 g/mol. The van der Waals surface area contributed by atoms with Gasteiger partial charge in [0.1, 0.15) is 11.5 Å². The summed E-state index contributed by atoms with van der Waals surface area (Å²) >= 11 is 5.23. The lowest BCUT2D eigenvalue weighted by molar-refractivity contribution is 0.103. The van der Waals surface area contributed by atoms with Gasteiger partial charge in [0.25, 0.3) is 5.56 Å². The number of H-pyrrole nitrogens is 1. The van der Waals surface area contributed by atoms with Gasteiger partial charge < -0.3 is 14.5 Å². The van der Waals surface area contributed by atoms with E-state index in [0.29, 0.717) is 44.7 Å². The summed E-state index contributed by atoms with van der Waals surface area (Å²) < 4.78 is 12.5. The molecular weight excluding hydrogens is 424 g/mol. The van der Waals surface area contributed by atoms with Crippen LogP contribution in [-0.2, 0) is 13.5 Å². The fraction of sp³-hybridized carbons (Fsp3) is 0.160. The Bertz CT molecular complexity index is 1420. The SMILES string of the molecule is COc1ccc(C(=O)c2ccc(Cc3c(OC)ccc4[nH]c(=S)n(C)c(=O)c34)cc2)cc1. The third kappa shape index (κ3) is 3.94. The summed E-state index contributed by atoms with van der Waals surface area (Å²) in [7, 11) is 4.81. The Morgan fingerprint density at radius 3 is 2.16 bits per heavy atom. The standard InChI is InChI=1S/C25H22N2O4S/c1-27-24(29)22-19(21(31-3)13-12-20(22)26-25(27)32)14-15-4-6-16(7-5-15)23(28)17-8-10-18(30-2)11-9-17/h4-13H,14H2,1-3H3,(H,26,32). The van der Waals surface area contributed by atoms with E-state index in [9.17, 15) is 9.59 Å². The van der Waals surface area contributed by atoms with Crippen molar-refractivity contribution in [1.82, 2.24) is 9.55 Å². The molecule has 0 aliphatic heterocycles. The molecule has 0 amide bonds. The molecule has 1 N–H and O–H groups in total. The van der Waals surface area contributed by atoms with Gasteiger partial charge in [-0.1, -0.05) is 24.3 Å². The zero-order valence-electron chi connectivity index (χ0n) is 18.0. The lowest BCUT2D eigenvalue weighted by Crippen LogP contribution is -2.20. The molecule has 0 unspecified atom stereocenters. The number of ketones is 1. The first-order chi connectivity index (χ1) is 15.4. The van der Waals surface area contributed by atoms with Crippen LogP contribution in [0.25, 0.3) is 10.9 Å². The Hall–Kier alpha value is -3.71. The Labute approximate surface area is 190 Å². The molecule has 0 aliphatic carbocycles. The van der Waals surface area contributed by atoms with Crippen LogP contribution < -0.4 is 15.0 Å². The summed E-state index contributed by atoms with van der Waals surface area (Å²) in [5.74, 6) is 1.26. The molecule has 0 radical (unpaired) electrons. The van der Waals surface area contributed by atoms with E-state index >= 15 is 0 Å². The van der Waals surface area contributed by atoms with E-state index in [0.717, 1.165) is 11.1 Å². The maximum absolute atomic E-state index is 12.9. The van der Waals surface area contributed by atoms with Gasteiger partial charge >= 0.3 is 0 Å². The first-order valence-corrected chi connectivity index (χ1v) is 10.4. The van der Waals surface area contributed by atoms with Gasteiger partial charge in [-0.2, -0.15) is 0 Å². The van der Waals surface area contributed by atoms with Crippen molar-refractivity contribution in [2.24, 2.45) is 7.05 Å². The van der Waals surface area contributed by atoms with E-state index in [-0.39, 0.29) is 11.3 Å². The maximum atomic E-state index is 12.9. The molecule has 7 heteroatoms. The van der Waals surface area contributed by atoms with Gasteiger partial charge in [0.2, 0.25) is 0 Å². The fourth-order valence-corrected chi connectivity index (χ4v) is 3.88. The number of hydrogen-bond acceptors (Lipinski definition) is 5. The van der Waals surface area contributed by atoms with Crippen molar-refractivity contribution in [3.63, 3.8) is 0 Å². The van der Waals surface area contributed by atoms with Gasteiger partial charge in [0.15, 0.2) is 10.6 Å². The molecular formula is C25H22N2O4S. The number of methoxy groups -OCH3 is 2. The number of rotatable bonds is 6. The number of carbonyl (C=O) groups excluding carboxylic acids is 1. The summed E-state index contributed by atoms with van der Waals surface area (Å²) in [6.07, 6.45) is 0.470. The topological polar surface area (TPSA) is 73.3 Å². The summed E-state index contributed by atoms with van der Waals surface area (Å²) in [5.41, 5.74) is 3.39. The largest absolute Gasteiger partial charge is 0.497 e. The lowest BCUT2D eigenvalue weighted by Gasteiger charge is -2.13. The predicted molar refractivity (Wildman–Crippen MR) is 127 cm³/mol. The van der Waals surface area contributed by atoms with E-state index in [1.807, 2.05) is 18.2 Å². The molecule has 1 heterocycles. The van der Waals surface area contributed by atoms with Crippen LogP contribution >= 0.6 is 12.2 Å². The highest BCUT2D eigenvalue weighted by Gasteiger charge is 2.15. The van der Waals surface area contributed by atoms with Gasteiger partial charge in [0.05, 0.1) is 25.1 Å². The molecule has 3 aromatic carbocycles. The molecule has 4 aromatic rings. The summed E-state index contributed by atoms with van der Waals surface area (Å²) in [4.78, 5) is 28.8. The van der Waals surface area contributed by atoms with Crippen molar-refractivity contribution in [3.8, 4) is 11.5 Å². The van der Waals surface area contributed by atoms with Crippen LogP contribution in [0, 0.1) is 4.77 Å². The highest BCUT2D eigenvalue weighted by atomic mass is 32.1. The molecule has 6 nitrogen and oxygen atoms in total. The zero-order valence-corrected chi connectivity index (χ0v) is 18.8. The monoisotopic (exact) mass is 446 g/mol. The van der Waals surface area contributed by atoms with Crippen molar-refractivity contribution in [3.05, 3.63) is 98.0 Å². The number of nitrogens with zero attached hydrogens (tertiary/aromatic N) is 1. The average Bonchev–Trinajstić information content (AvgIpc) is 2.82. The van der Waals surface area contributed by atoms with Gasteiger partial charge in [-0.25, -0.2) is 0 Å². The van der Waals surface area contributed by atoms with Gasteiger partial charge in [-0.3, -0.25) is 14.2 Å². The quantitative estimate of drug-likeness (QED) is 0.350. The van der Waals surface area contributed by atoms with Crippen LogP contribution in [0.3, 0.4) is 0 Å². The molecule has 0 saturated heterocycles. The van der Waals surface area contributed by atoms with Gasteiger partial charge in [-0.15, -0.1) is 0 Å². The third-order valence-corrected chi connectivity index (χ3v) is 5.88. The minimum absolute atomic E-state index is 0.0663. The lowest BCUT2D eigenvalue weighted by atomic mass is 9.97. The molecule has 1 aromatic heterocycles. The van der Waals surface area contributed by atoms with Crippen LogP contribution in [0.1, 0.15) is 27.0 Å². The fourth-order valence-electron chi connectivity index (χ4n) is 3.69. The first-order valence-electron chi connectivity index (χ1n) is 9.99. The maximum Gasteiger partial charge on any atom is 0.262 e. The van der Waals surface area contributed by atoms with Crippen molar-refractivity contribution in [1.29, 1.82) is 0 Å². The summed E-state index contributed by atoms with van der Waals surface area (Å²) in [6, 6.07) is 18.0. The normalized spacial score (nSPS) is 10.8. The Morgan fingerprint density at radius 1 is 0.938 bits per heavy atom. The molecule has 0 saturated carbocycles. The number of carbonyl (C=O) groups is 1. The second kappa shape index (κ2) is 8.80. The van der Waals surface area contributed by atoms with E-state index in [1.54, 1.807) is 63.7 Å². The van der Waals surface area contributed by atoms with Crippen LogP contribution in [0.4, 0.5) is 0 Å². The van der Waals surface area contributed by atoms with Crippen LogP contribution in [0.5, 0.6) is 11.5 Å². The minimum atomic E-state index is -0.177. The van der Waals surface area contributed by atoms with Crippen molar-refractivity contribution >= 4 is 28.9 Å². The molecule has 32 heavy (non-hydrogen) atoms. The highest BCUT2D eigenvalue weighted by Crippen LogP contribution is 2.28. The molecule has 0 fully saturated rings. The van der Waals surface area contributed by atoms with E-state index in [1.165, 1.54) is 4.57 Å². The van der Waals surface area contributed by atoms with Crippen molar-refractivity contribution in [2.75, 3.05) is 14.2 Å². The number of ether oxygens (including phenoxy) is 2. The van der Waals surface area contributed by atoms with Gasteiger partial charge in [-0.05, 0) is 54.2 Å².